The van der Waals surface area contributed by atoms with E-state index in [0.29, 0.717) is 0 Å². The van der Waals surface area contributed by atoms with Crippen molar-refractivity contribution in [2.45, 2.75) is 13.3 Å². The molecule has 0 saturated heterocycles. The van der Waals surface area contributed by atoms with Gasteiger partial charge < -0.3 is 4.74 Å². The van der Waals surface area contributed by atoms with Gasteiger partial charge in [0.1, 0.15) is 5.76 Å². The van der Waals surface area contributed by atoms with Crippen LogP contribution in [0.2, 0.25) is 0 Å². The van der Waals surface area contributed by atoms with Crippen LogP contribution in [0.15, 0.2) is 33.8 Å². The highest BCUT2D eigenvalue weighted by molar-refractivity contribution is 14.1. The van der Waals surface area contributed by atoms with Crippen LogP contribution in [-0.2, 0) is 4.74 Å². The first-order chi connectivity index (χ1) is 6.79. The van der Waals surface area contributed by atoms with Crippen LogP contribution in [0.1, 0.15) is 24.5 Å². The van der Waals surface area contributed by atoms with Crippen molar-refractivity contribution in [1.82, 2.24) is 0 Å². The lowest BCUT2D eigenvalue weighted by Crippen LogP contribution is -1.83. The summed E-state index contributed by atoms with van der Waals surface area (Å²) in [4.78, 5) is 0. The maximum absolute atomic E-state index is 5.65. The van der Waals surface area contributed by atoms with Crippen molar-refractivity contribution in [1.29, 1.82) is 0 Å². The molecular formula is C12H11IO. The van der Waals surface area contributed by atoms with Gasteiger partial charge in [-0.3, -0.25) is 0 Å². The summed E-state index contributed by atoms with van der Waals surface area (Å²) in [7, 11) is 0. The van der Waals surface area contributed by atoms with Crippen LogP contribution in [0.4, 0.5) is 0 Å². The second kappa shape index (κ2) is 4.17. The summed E-state index contributed by atoms with van der Waals surface area (Å²) >= 11 is 2.21. The van der Waals surface area contributed by atoms with E-state index in [9.17, 15) is 0 Å². The fourth-order valence-corrected chi connectivity index (χ4v) is 2.05. The summed E-state index contributed by atoms with van der Waals surface area (Å²) in [6.07, 6.45) is 5.10. The molecule has 72 valence electrons. The quantitative estimate of drug-likeness (QED) is 0.706. The molecule has 1 aromatic rings. The lowest BCUT2D eigenvalue weighted by molar-refractivity contribution is 0.340. The van der Waals surface area contributed by atoms with Crippen LogP contribution in [0, 0.1) is 0 Å². The fraction of sp³-hybridized carbons (Fsp3) is 0.167. The van der Waals surface area contributed by atoms with Crippen LogP contribution in [0.5, 0.6) is 0 Å². The zero-order chi connectivity index (χ0) is 9.97. The van der Waals surface area contributed by atoms with Crippen LogP contribution >= 0.6 is 22.6 Å². The first-order valence-corrected chi connectivity index (χ1v) is 5.72. The molecule has 0 amide bonds. The minimum absolute atomic E-state index is 0.925. The van der Waals surface area contributed by atoms with E-state index in [1.54, 1.807) is 0 Å². The Morgan fingerprint density at radius 1 is 1.14 bits per heavy atom. The first-order valence-electron chi connectivity index (χ1n) is 4.64. The van der Waals surface area contributed by atoms with Crippen LogP contribution in [0.3, 0.4) is 0 Å². The molecule has 2 rings (SSSR count). The summed E-state index contributed by atoms with van der Waals surface area (Å²) in [5.74, 6) is 1.02. The monoisotopic (exact) mass is 298 g/mol. The Morgan fingerprint density at radius 3 is 2.43 bits per heavy atom. The van der Waals surface area contributed by atoms with E-state index in [-0.39, 0.29) is 0 Å². The smallest absolute Gasteiger partial charge is 0.164 e. The van der Waals surface area contributed by atoms with Crippen molar-refractivity contribution in [3.8, 4) is 0 Å². The van der Waals surface area contributed by atoms with Crippen molar-refractivity contribution in [3.63, 3.8) is 0 Å². The predicted octanol–water partition coefficient (Wildman–Crippen LogP) is 4.20. The topological polar surface area (TPSA) is 9.23 Å². The molecule has 14 heavy (non-hydrogen) atoms. The van der Waals surface area contributed by atoms with E-state index in [2.05, 4.69) is 59.9 Å². The Kier molecular flexibility index (Phi) is 2.91. The van der Waals surface area contributed by atoms with Crippen molar-refractivity contribution in [2.24, 2.45) is 0 Å². The summed E-state index contributed by atoms with van der Waals surface area (Å²) in [6.45, 7) is 2.10. The van der Waals surface area contributed by atoms with E-state index in [1.807, 2.05) is 6.07 Å². The molecule has 0 spiro atoms. The molecule has 0 bridgehead atoms. The minimum atomic E-state index is 0.925. The van der Waals surface area contributed by atoms with Gasteiger partial charge in [0.05, 0.1) is 0 Å². The average Bonchev–Trinajstić information content (AvgIpc) is 2.35. The summed E-state index contributed by atoms with van der Waals surface area (Å²) in [6, 6.07) is 8.31. The number of hydrogen-bond donors (Lipinski definition) is 0. The molecule has 0 aliphatic carbocycles. The Labute approximate surface area is 97.6 Å². The number of hydrogen-bond acceptors (Lipinski definition) is 1. The van der Waals surface area contributed by atoms with E-state index >= 15 is 0 Å². The molecule has 1 heterocycles. The molecule has 0 aromatic heterocycles. The highest BCUT2D eigenvalue weighted by Crippen LogP contribution is 2.27. The number of ether oxygens (including phenoxy) is 1. The predicted molar refractivity (Wildman–Crippen MR) is 67.8 cm³/mol. The third kappa shape index (κ3) is 2.00. The Balaban J connectivity index is 2.54. The minimum Gasteiger partial charge on any atom is -0.455 e. The summed E-state index contributed by atoms with van der Waals surface area (Å²) < 4.78 is 6.58. The number of allylic oxidation sites excluding steroid dienone is 1. The van der Waals surface area contributed by atoms with Gasteiger partial charge in [0, 0.05) is 6.42 Å². The standard InChI is InChI=1S/C12H11IO/c1-2-11-7-9-5-3-4-6-10(9)8-12(13)14-11/h3-8H,2H2,1H3. The maximum Gasteiger partial charge on any atom is 0.164 e. The largest absolute Gasteiger partial charge is 0.455 e. The number of rotatable bonds is 1. The van der Waals surface area contributed by atoms with Crippen molar-refractivity contribution in [2.75, 3.05) is 0 Å². The van der Waals surface area contributed by atoms with Crippen LogP contribution < -0.4 is 0 Å². The second-order valence-electron chi connectivity index (χ2n) is 3.14. The van der Waals surface area contributed by atoms with Gasteiger partial charge in [-0.1, -0.05) is 31.2 Å². The van der Waals surface area contributed by atoms with Crippen LogP contribution in [-0.4, -0.2) is 0 Å². The molecule has 1 aliphatic heterocycles. The van der Waals surface area contributed by atoms with E-state index in [0.717, 1.165) is 15.9 Å². The molecule has 0 N–H and O–H groups in total. The van der Waals surface area contributed by atoms with Gasteiger partial charge >= 0.3 is 0 Å². The Bertz CT molecular complexity index is 405. The van der Waals surface area contributed by atoms with E-state index in [1.165, 1.54) is 11.1 Å². The fourth-order valence-electron chi connectivity index (χ4n) is 1.43. The van der Waals surface area contributed by atoms with E-state index < -0.39 is 0 Å². The van der Waals surface area contributed by atoms with Crippen LogP contribution in [0.25, 0.3) is 12.2 Å². The number of halogens is 1. The van der Waals surface area contributed by atoms with Gasteiger partial charge in [-0.05, 0) is 45.9 Å². The van der Waals surface area contributed by atoms with Gasteiger partial charge in [0.25, 0.3) is 0 Å². The molecule has 2 heteroatoms. The highest BCUT2D eigenvalue weighted by atomic mass is 127. The molecule has 0 unspecified atom stereocenters. The zero-order valence-corrected chi connectivity index (χ0v) is 10.1. The van der Waals surface area contributed by atoms with Crippen molar-refractivity contribution >= 4 is 34.7 Å². The van der Waals surface area contributed by atoms with E-state index in [4.69, 9.17) is 4.74 Å². The zero-order valence-electron chi connectivity index (χ0n) is 7.96. The van der Waals surface area contributed by atoms with Gasteiger partial charge in [-0.2, -0.15) is 0 Å². The Morgan fingerprint density at radius 2 is 1.79 bits per heavy atom. The molecule has 0 fully saturated rings. The van der Waals surface area contributed by atoms with Gasteiger partial charge in [-0.25, -0.2) is 0 Å². The highest BCUT2D eigenvalue weighted by Gasteiger charge is 2.07. The summed E-state index contributed by atoms with van der Waals surface area (Å²) in [5.41, 5.74) is 2.45. The summed E-state index contributed by atoms with van der Waals surface area (Å²) in [5, 5.41) is 0. The molecule has 1 nitrogen and oxygen atoms in total. The normalized spacial score (nSPS) is 14.7. The SMILES string of the molecule is CCC1=Cc2ccccc2C=C(I)O1. The van der Waals surface area contributed by atoms with Gasteiger partial charge in [0.2, 0.25) is 0 Å². The van der Waals surface area contributed by atoms with Gasteiger partial charge in [0.15, 0.2) is 3.77 Å². The second-order valence-corrected chi connectivity index (χ2v) is 4.21. The molecular weight excluding hydrogens is 287 g/mol. The molecule has 1 aromatic carbocycles. The van der Waals surface area contributed by atoms with Gasteiger partial charge in [-0.15, -0.1) is 0 Å². The average molecular weight is 298 g/mol. The molecule has 1 aliphatic rings. The molecule has 0 saturated carbocycles. The number of fused-ring (bicyclic) bond motifs is 1. The number of benzene rings is 1. The lowest BCUT2D eigenvalue weighted by Gasteiger charge is -2.03. The van der Waals surface area contributed by atoms with Crippen molar-refractivity contribution in [3.05, 3.63) is 44.9 Å². The maximum atomic E-state index is 5.65. The van der Waals surface area contributed by atoms with Crippen molar-refractivity contribution < 1.29 is 4.74 Å². The lowest BCUT2D eigenvalue weighted by atomic mass is 10.1. The molecule has 0 radical (unpaired) electrons. The molecule has 0 atom stereocenters. The third-order valence-corrected chi connectivity index (χ3v) is 2.69. The Hall–Kier alpha value is -0.770. The third-order valence-electron chi connectivity index (χ3n) is 2.16. The first kappa shape index (κ1) is 9.77.